The third-order valence-corrected chi connectivity index (χ3v) is 3.93. The van der Waals surface area contributed by atoms with Crippen LogP contribution in [0, 0.1) is 11.8 Å². The molecule has 2 saturated carbocycles. The summed E-state index contributed by atoms with van der Waals surface area (Å²) >= 11 is 0. The number of nitrogen functional groups attached to an aromatic ring is 1. The largest absolute Gasteiger partial charge is 0.497 e. The monoisotopic (exact) mass is 246 g/mol. The molecule has 3 rings (SSSR count). The second kappa shape index (κ2) is 4.71. The van der Waals surface area contributed by atoms with E-state index in [-0.39, 0.29) is 0 Å². The molecule has 0 unspecified atom stereocenters. The molecular formula is C15H22N2O. The summed E-state index contributed by atoms with van der Waals surface area (Å²) in [5, 5.41) is 0. The van der Waals surface area contributed by atoms with Crippen molar-refractivity contribution in [2.75, 3.05) is 30.8 Å². The van der Waals surface area contributed by atoms with Gasteiger partial charge in [0.2, 0.25) is 0 Å². The standard InChI is InChI=1S/C15H22N2O/c1-18-13-6-7-15(14(16)8-13)17(9-11-2-3-11)10-12-4-5-12/h6-8,11-12H,2-5,9-10,16H2,1H3. The molecule has 2 aliphatic rings. The van der Waals surface area contributed by atoms with E-state index in [1.165, 1.54) is 44.5 Å². The van der Waals surface area contributed by atoms with Crippen molar-refractivity contribution in [3.8, 4) is 5.75 Å². The van der Waals surface area contributed by atoms with Crippen LogP contribution in [0.5, 0.6) is 5.75 Å². The molecule has 1 aromatic carbocycles. The summed E-state index contributed by atoms with van der Waals surface area (Å²) in [7, 11) is 1.68. The van der Waals surface area contributed by atoms with E-state index in [0.29, 0.717) is 0 Å². The molecule has 0 aromatic heterocycles. The Balaban J connectivity index is 1.77. The van der Waals surface area contributed by atoms with E-state index in [2.05, 4.69) is 11.0 Å². The van der Waals surface area contributed by atoms with Crippen molar-refractivity contribution < 1.29 is 4.74 Å². The van der Waals surface area contributed by atoms with Crippen molar-refractivity contribution in [1.29, 1.82) is 0 Å². The van der Waals surface area contributed by atoms with Crippen molar-refractivity contribution in [2.45, 2.75) is 25.7 Å². The molecule has 2 aliphatic carbocycles. The number of rotatable bonds is 6. The molecule has 0 atom stereocenters. The first-order valence-corrected chi connectivity index (χ1v) is 6.94. The van der Waals surface area contributed by atoms with Crippen LogP contribution in [-0.2, 0) is 0 Å². The summed E-state index contributed by atoms with van der Waals surface area (Å²) in [4.78, 5) is 2.49. The van der Waals surface area contributed by atoms with E-state index in [9.17, 15) is 0 Å². The highest BCUT2D eigenvalue weighted by atomic mass is 16.5. The number of hydrogen-bond donors (Lipinski definition) is 1. The van der Waals surface area contributed by atoms with Crippen molar-refractivity contribution in [3.05, 3.63) is 18.2 Å². The van der Waals surface area contributed by atoms with E-state index >= 15 is 0 Å². The zero-order valence-electron chi connectivity index (χ0n) is 11.1. The van der Waals surface area contributed by atoms with Gasteiger partial charge in [-0.25, -0.2) is 0 Å². The molecule has 0 radical (unpaired) electrons. The van der Waals surface area contributed by atoms with Crippen molar-refractivity contribution in [2.24, 2.45) is 11.8 Å². The van der Waals surface area contributed by atoms with Gasteiger partial charge < -0.3 is 15.4 Å². The molecule has 3 nitrogen and oxygen atoms in total. The van der Waals surface area contributed by atoms with Crippen molar-refractivity contribution in [3.63, 3.8) is 0 Å². The molecular weight excluding hydrogens is 224 g/mol. The number of nitrogens with two attached hydrogens (primary N) is 1. The van der Waals surface area contributed by atoms with E-state index in [0.717, 1.165) is 23.3 Å². The van der Waals surface area contributed by atoms with Gasteiger partial charge in [-0.2, -0.15) is 0 Å². The lowest BCUT2D eigenvalue weighted by Gasteiger charge is -2.26. The highest BCUT2D eigenvalue weighted by Crippen LogP contribution is 2.38. The fourth-order valence-corrected chi connectivity index (χ4v) is 2.44. The quantitative estimate of drug-likeness (QED) is 0.784. The first-order chi connectivity index (χ1) is 8.76. The lowest BCUT2D eigenvalue weighted by Crippen LogP contribution is -2.28. The van der Waals surface area contributed by atoms with Crippen LogP contribution in [0.3, 0.4) is 0 Å². The molecule has 2 fully saturated rings. The third kappa shape index (κ3) is 2.71. The van der Waals surface area contributed by atoms with Gasteiger partial charge in [0.25, 0.3) is 0 Å². The number of methoxy groups -OCH3 is 1. The van der Waals surface area contributed by atoms with Gasteiger partial charge in [0.1, 0.15) is 5.75 Å². The van der Waals surface area contributed by atoms with Crippen LogP contribution in [0.1, 0.15) is 25.7 Å². The van der Waals surface area contributed by atoms with Crippen molar-refractivity contribution in [1.82, 2.24) is 0 Å². The van der Waals surface area contributed by atoms with Crippen LogP contribution in [0.15, 0.2) is 18.2 Å². The number of benzene rings is 1. The van der Waals surface area contributed by atoms with E-state index < -0.39 is 0 Å². The molecule has 1 aromatic rings. The van der Waals surface area contributed by atoms with Crippen LogP contribution in [0.2, 0.25) is 0 Å². The predicted molar refractivity (Wildman–Crippen MR) is 75.1 cm³/mol. The number of ether oxygens (including phenoxy) is 1. The Kier molecular flexibility index (Phi) is 3.06. The molecule has 0 aliphatic heterocycles. The summed E-state index contributed by atoms with van der Waals surface area (Å²) in [5.74, 6) is 2.63. The molecule has 0 bridgehead atoms. The summed E-state index contributed by atoms with van der Waals surface area (Å²) in [6.07, 6.45) is 5.54. The first-order valence-electron chi connectivity index (χ1n) is 6.94. The van der Waals surface area contributed by atoms with E-state index in [1.54, 1.807) is 7.11 Å². The van der Waals surface area contributed by atoms with Gasteiger partial charge in [-0.05, 0) is 49.7 Å². The zero-order chi connectivity index (χ0) is 12.5. The minimum absolute atomic E-state index is 0.842. The molecule has 0 heterocycles. The maximum Gasteiger partial charge on any atom is 0.121 e. The average Bonchev–Trinajstić information content (AvgIpc) is 3.23. The van der Waals surface area contributed by atoms with Gasteiger partial charge in [-0.3, -0.25) is 0 Å². The highest BCUT2D eigenvalue weighted by Gasteiger charge is 2.29. The van der Waals surface area contributed by atoms with Crippen LogP contribution >= 0.6 is 0 Å². The maximum absolute atomic E-state index is 6.17. The summed E-state index contributed by atoms with van der Waals surface area (Å²) in [5.41, 5.74) is 8.20. The number of nitrogens with zero attached hydrogens (tertiary/aromatic N) is 1. The maximum atomic E-state index is 6.17. The highest BCUT2D eigenvalue weighted by molar-refractivity contribution is 5.69. The fourth-order valence-electron chi connectivity index (χ4n) is 2.44. The van der Waals surface area contributed by atoms with Crippen LogP contribution < -0.4 is 15.4 Å². The molecule has 0 saturated heterocycles. The minimum atomic E-state index is 0.842. The molecule has 18 heavy (non-hydrogen) atoms. The van der Waals surface area contributed by atoms with E-state index in [4.69, 9.17) is 10.5 Å². The van der Waals surface area contributed by atoms with E-state index in [1.807, 2.05) is 12.1 Å². The average molecular weight is 246 g/mol. The van der Waals surface area contributed by atoms with Gasteiger partial charge in [0.05, 0.1) is 18.5 Å². The molecule has 2 N–H and O–H groups in total. The Labute approximate surface area is 109 Å². The second-order valence-electron chi connectivity index (χ2n) is 5.72. The number of hydrogen-bond acceptors (Lipinski definition) is 3. The Bertz CT molecular complexity index is 411. The normalized spacial score (nSPS) is 18.7. The van der Waals surface area contributed by atoms with Crippen LogP contribution in [0.4, 0.5) is 11.4 Å². The van der Waals surface area contributed by atoms with Gasteiger partial charge >= 0.3 is 0 Å². The molecule has 0 amide bonds. The fraction of sp³-hybridized carbons (Fsp3) is 0.600. The van der Waals surface area contributed by atoms with Crippen LogP contribution in [0.25, 0.3) is 0 Å². The molecule has 3 heteroatoms. The summed E-state index contributed by atoms with van der Waals surface area (Å²) in [6.45, 7) is 2.35. The summed E-state index contributed by atoms with van der Waals surface area (Å²) < 4.78 is 5.22. The Morgan fingerprint density at radius 2 is 1.78 bits per heavy atom. The van der Waals surface area contributed by atoms with Gasteiger partial charge in [0.15, 0.2) is 0 Å². The van der Waals surface area contributed by atoms with Gasteiger partial charge in [-0.1, -0.05) is 0 Å². The molecule has 0 spiro atoms. The SMILES string of the molecule is COc1ccc(N(CC2CC2)CC2CC2)c(N)c1. The second-order valence-corrected chi connectivity index (χ2v) is 5.72. The third-order valence-electron chi connectivity index (χ3n) is 3.93. The Morgan fingerprint density at radius 3 is 2.22 bits per heavy atom. The summed E-state index contributed by atoms with van der Waals surface area (Å²) in [6, 6.07) is 6.06. The number of anilines is 2. The minimum Gasteiger partial charge on any atom is -0.497 e. The first kappa shape index (κ1) is 11.7. The Hall–Kier alpha value is -1.38. The zero-order valence-corrected chi connectivity index (χ0v) is 11.1. The van der Waals surface area contributed by atoms with Gasteiger partial charge in [0, 0.05) is 19.2 Å². The Morgan fingerprint density at radius 1 is 1.17 bits per heavy atom. The lowest BCUT2D eigenvalue weighted by atomic mass is 10.2. The van der Waals surface area contributed by atoms with Crippen molar-refractivity contribution >= 4 is 11.4 Å². The topological polar surface area (TPSA) is 38.5 Å². The molecule has 98 valence electrons. The van der Waals surface area contributed by atoms with Gasteiger partial charge in [-0.15, -0.1) is 0 Å². The van der Waals surface area contributed by atoms with Crippen LogP contribution in [-0.4, -0.2) is 20.2 Å². The predicted octanol–water partition coefficient (Wildman–Crippen LogP) is 2.90. The smallest absolute Gasteiger partial charge is 0.121 e. The lowest BCUT2D eigenvalue weighted by molar-refractivity contribution is 0.415.